The zero-order valence-electron chi connectivity index (χ0n) is 19.2. The number of nitrogens with one attached hydrogen (secondary N) is 2. The Hall–Kier alpha value is -2.86. The molecule has 4 aromatic heterocycles. The number of thiophene rings is 2. The van der Waals surface area contributed by atoms with E-state index in [0.717, 1.165) is 0 Å². The van der Waals surface area contributed by atoms with E-state index in [1.165, 1.54) is 35.1 Å². The Morgan fingerprint density at radius 3 is 1.39 bits per heavy atom. The van der Waals surface area contributed by atoms with Gasteiger partial charge in [-0.2, -0.15) is 9.13 Å². The van der Waals surface area contributed by atoms with Crippen LogP contribution in [0.5, 0.6) is 0 Å². The third-order valence-corrected chi connectivity index (χ3v) is 7.42. The highest BCUT2D eigenvalue weighted by Gasteiger charge is 2.19. The van der Waals surface area contributed by atoms with Gasteiger partial charge in [-0.05, 0) is 36.4 Å². The number of rotatable bonds is 8. The van der Waals surface area contributed by atoms with Gasteiger partial charge in [-0.3, -0.25) is 30.0 Å². The lowest BCUT2D eigenvalue weighted by molar-refractivity contribution is -0.683. The van der Waals surface area contributed by atoms with Gasteiger partial charge in [0.2, 0.25) is 24.7 Å². The Kier molecular flexibility index (Phi) is 11.8. The van der Waals surface area contributed by atoms with Crippen LogP contribution in [-0.2, 0) is 13.1 Å². The van der Waals surface area contributed by atoms with Crippen LogP contribution in [0.15, 0.2) is 73.3 Å². The van der Waals surface area contributed by atoms with Crippen LogP contribution in [0.4, 0.5) is 0 Å². The molecule has 0 spiro atoms. The zero-order valence-corrected chi connectivity index (χ0v) is 23.9. The number of hydrogen-bond acceptors (Lipinski definition) is 6. The predicted molar refractivity (Wildman–Crippen MR) is 136 cm³/mol. The van der Waals surface area contributed by atoms with Crippen molar-refractivity contribution in [1.29, 1.82) is 0 Å². The molecule has 38 heavy (non-hydrogen) atoms. The summed E-state index contributed by atoms with van der Waals surface area (Å²) in [6, 6.07) is 13.0. The van der Waals surface area contributed by atoms with E-state index in [0.29, 0.717) is 18.4 Å². The highest BCUT2D eigenvalue weighted by molar-refractivity contribution is 7.18. The van der Waals surface area contributed by atoms with Crippen molar-refractivity contribution in [3.63, 3.8) is 0 Å². The highest BCUT2D eigenvalue weighted by atomic mass is 35.5. The minimum absolute atomic E-state index is 0. The van der Waals surface area contributed by atoms with Crippen molar-refractivity contribution in [2.75, 3.05) is 0 Å². The van der Waals surface area contributed by atoms with Crippen LogP contribution < -0.4 is 44.8 Å². The van der Waals surface area contributed by atoms with E-state index >= 15 is 0 Å². The van der Waals surface area contributed by atoms with Gasteiger partial charge in [0.1, 0.15) is 11.1 Å². The number of hydrogen-bond donors (Lipinski definition) is 2. The minimum Gasteiger partial charge on any atom is -1.00 e. The van der Waals surface area contributed by atoms with Crippen LogP contribution in [0.2, 0.25) is 8.67 Å². The SMILES string of the molecule is O=C(NNC(=O)c1ccc[n+](CC(=O)c2ccc(Cl)s2)c1)c1ccc[n+](CC(=O)c2ccc(Cl)s2)c1.[Cl-].[Cl-]. The largest absolute Gasteiger partial charge is 1.00 e. The first kappa shape index (κ1) is 31.4. The van der Waals surface area contributed by atoms with Gasteiger partial charge in [0.05, 0.1) is 18.4 Å². The van der Waals surface area contributed by atoms with Crippen LogP contribution in [0.1, 0.15) is 40.1 Å². The molecule has 0 unspecified atom stereocenters. The Labute approximate surface area is 248 Å². The number of hydrazine groups is 1. The van der Waals surface area contributed by atoms with Crippen molar-refractivity contribution in [2.45, 2.75) is 13.1 Å². The second-order valence-corrected chi connectivity index (χ2v) is 10.9. The van der Waals surface area contributed by atoms with Crippen LogP contribution in [-0.4, -0.2) is 23.4 Å². The van der Waals surface area contributed by atoms with Crippen LogP contribution in [0.25, 0.3) is 0 Å². The molecule has 0 atom stereocenters. The third kappa shape index (κ3) is 8.32. The average Bonchev–Trinajstić information content (AvgIpc) is 3.51. The lowest BCUT2D eigenvalue weighted by Crippen LogP contribution is -3.00. The van der Waals surface area contributed by atoms with Crippen LogP contribution >= 0.6 is 45.9 Å². The molecule has 0 aliphatic rings. The van der Waals surface area contributed by atoms with Gasteiger partial charge in [-0.15, -0.1) is 22.7 Å². The molecule has 0 saturated heterocycles. The third-order valence-electron chi connectivity index (χ3n) is 4.88. The molecule has 0 bridgehead atoms. The van der Waals surface area contributed by atoms with E-state index in [4.69, 9.17) is 23.2 Å². The maximum Gasteiger partial charge on any atom is 0.275 e. The molecule has 0 aromatic carbocycles. The van der Waals surface area contributed by atoms with Gasteiger partial charge >= 0.3 is 0 Å². The van der Waals surface area contributed by atoms with Gasteiger partial charge in [0.25, 0.3) is 11.8 Å². The van der Waals surface area contributed by atoms with Gasteiger partial charge < -0.3 is 24.8 Å². The number of amides is 2. The van der Waals surface area contributed by atoms with E-state index < -0.39 is 11.8 Å². The van der Waals surface area contributed by atoms with Crippen molar-refractivity contribution in [3.8, 4) is 0 Å². The van der Waals surface area contributed by atoms with E-state index in [-0.39, 0.29) is 60.6 Å². The summed E-state index contributed by atoms with van der Waals surface area (Å²) in [6.45, 7) is 0.0649. The molecule has 2 N–H and O–H groups in total. The van der Waals surface area contributed by atoms with E-state index in [9.17, 15) is 19.2 Å². The Balaban J connectivity index is 0.00000253. The maximum absolute atomic E-state index is 12.6. The van der Waals surface area contributed by atoms with Crippen LogP contribution in [0.3, 0.4) is 0 Å². The van der Waals surface area contributed by atoms with Crippen molar-refractivity contribution < 1.29 is 53.1 Å². The van der Waals surface area contributed by atoms with E-state index in [1.807, 2.05) is 0 Å². The maximum atomic E-state index is 12.6. The van der Waals surface area contributed by atoms with Crippen molar-refractivity contribution in [1.82, 2.24) is 10.9 Å². The number of pyridine rings is 2. The molecule has 4 heterocycles. The lowest BCUT2D eigenvalue weighted by Gasteiger charge is -2.06. The first-order valence-electron chi connectivity index (χ1n) is 10.4. The molecular weight excluding hydrogens is 614 g/mol. The molecule has 0 fully saturated rings. The predicted octanol–water partition coefficient (Wildman–Crippen LogP) is -2.46. The summed E-state index contributed by atoms with van der Waals surface area (Å²) in [7, 11) is 0. The lowest BCUT2D eigenvalue weighted by atomic mass is 10.2. The smallest absolute Gasteiger partial charge is 0.275 e. The summed E-state index contributed by atoms with van der Waals surface area (Å²) in [5, 5.41) is 0. The number of halogens is 4. The first-order valence-corrected chi connectivity index (χ1v) is 12.8. The summed E-state index contributed by atoms with van der Waals surface area (Å²) in [6.07, 6.45) is 6.34. The van der Waals surface area contributed by atoms with Crippen molar-refractivity contribution in [2.24, 2.45) is 0 Å². The molecule has 4 rings (SSSR count). The molecule has 8 nitrogen and oxygen atoms in total. The fraction of sp³-hybridized carbons (Fsp3) is 0.0833. The average molecular weight is 632 g/mol. The van der Waals surface area contributed by atoms with Crippen molar-refractivity contribution >= 4 is 69.3 Å². The Morgan fingerprint density at radius 1 is 0.658 bits per heavy atom. The summed E-state index contributed by atoms with van der Waals surface area (Å²) < 4.78 is 4.19. The monoisotopic (exact) mass is 630 g/mol. The molecule has 14 heteroatoms. The van der Waals surface area contributed by atoms with Gasteiger partial charge in [0, 0.05) is 12.1 Å². The van der Waals surface area contributed by atoms with E-state index in [2.05, 4.69) is 10.9 Å². The summed E-state index contributed by atoms with van der Waals surface area (Å²) in [4.78, 5) is 51.0. The Bertz CT molecular complexity index is 1370. The van der Waals surface area contributed by atoms with Crippen LogP contribution in [0, 0.1) is 0 Å². The minimum atomic E-state index is -0.558. The number of Topliss-reactive ketones (excluding diaryl/α,β-unsaturated/α-hetero) is 2. The molecule has 198 valence electrons. The number of aromatic nitrogens is 2. The standard InChI is InChI=1S/C24H16Cl2N4O4S2.2ClH/c25-21-7-5-19(35-21)17(31)13-29-9-1-3-15(11-29)23(33)27-28-24(34)16-4-2-10-30(12-16)14-18(32)20-6-8-22(26)36-20;;/h1-12H,13-14H2;2*1H. The second kappa shape index (κ2) is 14.3. The summed E-state index contributed by atoms with van der Waals surface area (Å²) >= 11 is 14.2. The fourth-order valence-corrected chi connectivity index (χ4v) is 5.13. The number of carbonyl (C=O) groups excluding carboxylic acids is 4. The number of ketones is 2. The Morgan fingerprint density at radius 2 is 1.05 bits per heavy atom. The fourth-order valence-electron chi connectivity index (χ4n) is 3.18. The molecule has 0 aliphatic heterocycles. The van der Waals surface area contributed by atoms with Gasteiger partial charge in [-0.1, -0.05) is 23.2 Å². The topological polar surface area (TPSA) is 100 Å². The zero-order chi connectivity index (χ0) is 25.7. The first-order chi connectivity index (χ1) is 17.3. The molecular formula is C24H18Cl4N4O4S2. The highest BCUT2D eigenvalue weighted by Crippen LogP contribution is 2.22. The normalized spacial score (nSPS) is 10.1. The molecule has 0 radical (unpaired) electrons. The second-order valence-electron chi connectivity index (χ2n) is 7.49. The summed E-state index contributed by atoms with van der Waals surface area (Å²) in [5.41, 5.74) is 5.22. The van der Waals surface area contributed by atoms with Gasteiger partial charge in [0.15, 0.2) is 24.8 Å². The van der Waals surface area contributed by atoms with E-state index in [1.54, 1.807) is 70.1 Å². The number of carbonyl (C=O) groups is 4. The van der Waals surface area contributed by atoms with Crippen molar-refractivity contribution in [3.05, 3.63) is 103 Å². The molecule has 0 saturated carbocycles. The number of nitrogens with zero attached hydrogens (tertiary/aromatic N) is 2. The molecule has 2 amide bonds. The van der Waals surface area contributed by atoms with Gasteiger partial charge in [-0.25, -0.2) is 0 Å². The quantitative estimate of drug-likeness (QED) is 0.128. The summed E-state index contributed by atoms with van der Waals surface area (Å²) in [5.74, 6) is -1.39. The molecule has 0 aliphatic carbocycles. The molecule has 4 aromatic rings.